The molecule has 1 fully saturated rings. The molecule has 1 aliphatic rings. The van der Waals surface area contributed by atoms with Crippen LogP contribution in [-0.4, -0.2) is 25.1 Å². The van der Waals surface area contributed by atoms with Gasteiger partial charge in [0.2, 0.25) is 0 Å². The molecule has 3 unspecified atom stereocenters. The van der Waals surface area contributed by atoms with Crippen molar-refractivity contribution in [2.75, 3.05) is 19.8 Å². The van der Waals surface area contributed by atoms with E-state index in [1.54, 1.807) is 0 Å². The van der Waals surface area contributed by atoms with Crippen LogP contribution in [0.25, 0.3) is 0 Å². The molecule has 3 nitrogen and oxygen atoms in total. The fraction of sp³-hybridized carbons (Fsp3) is 0.455. The van der Waals surface area contributed by atoms with E-state index >= 15 is 0 Å². The molecule has 0 amide bonds. The van der Waals surface area contributed by atoms with E-state index in [2.05, 4.69) is 31.1 Å². The summed E-state index contributed by atoms with van der Waals surface area (Å²) in [7, 11) is 4.27. The zero-order valence-electron chi connectivity index (χ0n) is 15.7. The monoisotopic (exact) mass is 372 g/mol. The predicted molar refractivity (Wildman–Crippen MR) is 109 cm³/mol. The minimum absolute atomic E-state index is 0.215. The summed E-state index contributed by atoms with van der Waals surface area (Å²) in [6.45, 7) is 0.566. The number of para-hydroxylation sites is 1. The fourth-order valence-electron chi connectivity index (χ4n) is 4.16. The van der Waals surface area contributed by atoms with Crippen LogP contribution < -0.4 is 5.73 Å². The average molecular weight is 373 g/mol. The summed E-state index contributed by atoms with van der Waals surface area (Å²) in [4.78, 5) is 2.28. The van der Waals surface area contributed by atoms with Crippen LogP contribution in [0.1, 0.15) is 42.9 Å². The van der Waals surface area contributed by atoms with Gasteiger partial charge >= 0.3 is 0 Å². The molecule has 4 heteroatoms. The molecule has 0 bridgehead atoms. The van der Waals surface area contributed by atoms with E-state index in [9.17, 15) is 0 Å². The van der Waals surface area contributed by atoms with Gasteiger partial charge in [-0.15, -0.1) is 0 Å². The lowest BCUT2D eigenvalue weighted by Crippen LogP contribution is -2.38. The van der Waals surface area contributed by atoms with Crippen molar-refractivity contribution in [2.24, 2.45) is 5.92 Å². The van der Waals surface area contributed by atoms with E-state index in [0.29, 0.717) is 12.5 Å². The van der Waals surface area contributed by atoms with Gasteiger partial charge in [0, 0.05) is 28.2 Å². The molecule has 0 radical (unpaired) electrons. The number of nitrogens with two attached hydrogens (primary N) is 1. The fourth-order valence-corrected chi connectivity index (χ4v) is 4.41. The van der Waals surface area contributed by atoms with E-state index in [4.69, 9.17) is 22.1 Å². The Balaban J connectivity index is 1.80. The standard InChI is InChI=1S/C22H29ClN2O/c1-25(2)22(17-10-4-6-12-19(17)23)18-11-5-8-14-21(18)26-15-16-9-3-7-13-20(16)24/h3-4,6-7,9-10,12-13,18,21-22H,5,8,11,14-15,24H2,1-2H3. The highest BCUT2D eigenvalue weighted by molar-refractivity contribution is 6.31. The lowest BCUT2D eigenvalue weighted by Gasteiger charge is -2.40. The second-order valence-corrected chi connectivity index (χ2v) is 7.83. The summed E-state index contributed by atoms with van der Waals surface area (Å²) in [6, 6.07) is 16.4. The molecule has 2 N–H and O–H groups in total. The molecule has 0 heterocycles. The number of anilines is 1. The molecule has 3 atom stereocenters. The zero-order valence-corrected chi connectivity index (χ0v) is 16.5. The summed E-state index contributed by atoms with van der Waals surface area (Å²) in [5.74, 6) is 0.420. The molecule has 2 aromatic carbocycles. The van der Waals surface area contributed by atoms with E-state index in [0.717, 1.165) is 29.1 Å². The molecular weight excluding hydrogens is 344 g/mol. The number of ether oxygens (including phenoxy) is 1. The van der Waals surface area contributed by atoms with Crippen molar-refractivity contribution in [1.29, 1.82) is 0 Å². The van der Waals surface area contributed by atoms with Gasteiger partial charge in [0.05, 0.1) is 12.7 Å². The minimum Gasteiger partial charge on any atom is -0.398 e. The quantitative estimate of drug-likeness (QED) is 0.699. The predicted octanol–water partition coefficient (Wildman–Crippen LogP) is 5.30. The van der Waals surface area contributed by atoms with Crippen LogP contribution in [0.2, 0.25) is 5.02 Å². The molecule has 140 valence electrons. The van der Waals surface area contributed by atoms with Crippen LogP contribution in [-0.2, 0) is 11.3 Å². The van der Waals surface area contributed by atoms with Gasteiger partial charge < -0.3 is 15.4 Å². The summed E-state index contributed by atoms with van der Waals surface area (Å²) >= 11 is 6.54. The summed E-state index contributed by atoms with van der Waals surface area (Å²) in [5, 5.41) is 0.836. The maximum Gasteiger partial charge on any atom is 0.0740 e. The Labute approximate surface area is 162 Å². The Hall–Kier alpha value is -1.55. The second-order valence-electron chi connectivity index (χ2n) is 7.43. The van der Waals surface area contributed by atoms with E-state index in [1.807, 2.05) is 36.4 Å². The van der Waals surface area contributed by atoms with Crippen molar-refractivity contribution in [3.05, 3.63) is 64.7 Å². The van der Waals surface area contributed by atoms with E-state index in [1.165, 1.54) is 18.4 Å². The third-order valence-corrected chi connectivity index (χ3v) is 5.79. The number of rotatable bonds is 6. The number of hydrogen-bond donors (Lipinski definition) is 1. The molecule has 1 saturated carbocycles. The van der Waals surface area contributed by atoms with Crippen LogP contribution >= 0.6 is 11.6 Å². The maximum atomic E-state index is 6.54. The largest absolute Gasteiger partial charge is 0.398 e. The van der Waals surface area contributed by atoms with Crippen LogP contribution in [0.15, 0.2) is 48.5 Å². The van der Waals surface area contributed by atoms with Gasteiger partial charge in [-0.2, -0.15) is 0 Å². The normalized spacial score (nSPS) is 21.7. The number of nitrogens with zero attached hydrogens (tertiary/aromatic N) is 1. The van der Waals surface area contributed by atoms with Gasteiger partial charge in [-0.3, -0.25) is 0 Å². The molecule has 0 saturated heterocycles. The lowest BCUT2D eigenvalue weighted by atomic mass is 9.78. The SMILES string of the molecule is CN(C)C(c1ccccc1Cl)C1CCCCC1OCc1ccccc1N. The van der Waals surface area contributed by atoms with E-state index < -0.39 is 0 Å². The first-order chi connectivity index (χ1) is 12.6. The van der Waals surface area contributed by atoms with Crippen LogP contribution in [0.3, 0.4) is 0 Å². The van der Waals surface area contributed by atoms with Crippen molar-refractivity contribution in [1.82, 2.24) is 4.90 Å². The van der Waals surface area contributed by atoms with Gasteiger partial charge in [0.15, 0.2) is 0 Å². The highest BCUT2D eigenvalue weighted by atomic mass is 35.5. The third-order valence-electron chi connectivity index (χ3n) is 5.45. The molecule has 1 aliphatic carbocycles. The summed E-state index contributed by atoms with van der Waals surface area (Å²) < 4.78 is 6.41. The molecule has 0 spiro atoms. The maximum absolute atomic E-state index is 6.54. The van der Waals surface area contributed by atoms with Crippen molar-refractivity contribution >= 4 is 17.3 Å². The van der Waals surface area contributed by atoms with Crippen molar-refractivity contribution in [2.45, 2.75) is 44.4 Å². The Morgan fingerprint density at radius 2 is 1.77 bits per heavy atom. The second kappa shape index (κ2) is 8.90. The van der Waals surface area contributed by atoms with Crippen LogP contribution in [0.4, 0.5) is 5.69 Å². The first-order valence-electron chi connectivity index (χ1n) is 9.43. The lowest BCUT2D eigenvalue weighted by molar-refractivity contribution is -0.0462. The van der Waals surface area contributed by atoms with Gasteiger partial charge in [-0.05, 0) is 44.6 Å². The molecule has 0 aromatic heterocycles. The smallest absolute Gasteiger partial charge is 0.0740 e. The number of nitrogen functional groups attached to an aromatic ring is 1. The Kier molecular flexibility index (Phi) is 6.58. The molecule has 3 rings (SSSR count). The highest BCUT2D eigenvalue weighted by Crippen LogP contribution is 2.41. The molecular formula is C22H29ClN2O. The highest BCUT2D eigenvalue weighted by Gasteiger charge is 2.35. The van der Waals surface area contributed by atoms with Gasteiger partial charge in [0.25, 0.3) is 0 Å². The number of halogens is 1. The first kappa shape index (κ1) is 19.2. The summed E-state index contributed by atoms with van der Waals surface area (Å²) in [5.41, 5.74) is 9.14. The van der Waals surface area contributed by atoms with Crippen LogP contribution in [0, 0.1) is 5.92 Å². The van der Waals surface area contributed by atoms with E-state index in [-0.39, 0.29) is 12.1 Å². The third kappa shape index (κ3) is 4.40. The number of hydrogen-bond acceptors (Lipinski definition) is 3. The Morgan fingerprint density at radius 3 is 2.50 bits per heavy atom. The Morgan fingerprint density at radius 1 is 1.08 bits per heavy atom. The van der Waals surface area contributed by atoms with Gasteiger partial charge in [0.1, 0.15) is 0 Å². The summed E-state index contributed by atoms with van der Waals surface area (Å²) in [6.07, 6.45) is 4.92. The molecule has 0 aliphatic heterocycles. The minimum atomic E-state index is 0.215. The van der Waals surface area contributed by atoms with Gasteiger partial charge in [-0.25, -0.2) is 0 Å². The Bertz CT molecular complexity index is 719. The van der Waals surface area contributed by atoms with Crippen molar-refractivity contribution in [3.63, 3.8) is 0 Å². The zero-order chi connectivity index (χ0) is 18.5. The van der Waals surface area contributed by atoms with Crippen LogP contribution in [0.5, 0.6) is 0 Å². The van der Waals surface area contributed by atoms with Crippen molar-refractivity contribution < 1.29 is 4.74 Å². The number of benzene rings is 2. The first-order valence-corrected chi connectivity index (χ1v) is 9.81. The molecule has 2 aromatic rings. The van der Waals surface area contributed by atoms with Gasteiger partial charge in [-0.1, -0.05) is 60.8 Å². The topological polar surface area (TPSA) is 38.5 Å². The van der Waals surface area contributed by atoms with Crippen molar-refractivity contribution in [3.8, 4) is 0 Å². The average Bonchev–Trinajstić information content (AvgIpc) is 2.63. The molecule has 26 heavy (non-hydrogen) atoms.